The molecule has 0 aliphatic carbocycles. The molecule has 0 aromatic heterocycles. The summed E-state index contributed by atoms with van der Waals surface area (Å²) in [6, 6.07) is 3.29. The van der Waals surface area contributed by atoms with Crippen molar-refractivity contribution in [3.05, 3.63) is 29.3 Å². The van der Waals surface area contributed by atoms with Gasteiger partial charge in [-0.3, -0.25) is 0 Å². The van der Waals surface area contributed by atoms with E-state index in [-0.39, 0.29) is 16.2 Å². The fourth-order valence-corrected chi connectivity index (χ4v) is 2.40. The zero-order chi connectivity index (χ0) is 14.2. The first kappa shape index (κ1) is 14.1. The highest BCUT2D eigenvalue weighted by Gasteiger charge is 2.25. The second kappa shape index (κ2) is 5.38. The normalized spacial score (nSPS) is 20.6. The highest BCUT2D eigenvalue weighted by molar-refractivity contribution is 7.80. The van der Waals surface area contributed by atoms with Gasteiger partial charge in [-0.15, -0.1) is 0 Å². The van der Waals surface area contributed by atoms with Crippen LogP contribution < -0.4 is 10.6 Å². The minimum atomic E-state index is -0.961. The van der Waals surface area contributed by atoms with Gasteiger partial charge in [-0.2, -0.15) is 0 Å². The van der Waals surface area contributed by atoms with Gasteiger partial charge in [0.1, 0.15) is 4.99 Å². The molecule has 0 spiro atoms. The third-order valence-corrected chi connectivity index (χ3v) is 3.85. The van der Waals surface area contributed by atoms with Crippen LogP contribution in [0.5, 0.6) is 0 Å². The van der Waals surface area contributed by atoms with Crippen molar-refractivity contribution in [2.45, 2.75) is 13.0 Å². The first-order chi connectivity index (χ1) is 8.91. The minimum Gasteiger partial charge on any atom is -0.389 e. The number of thiocarbonyl (C=S) groups is 1. The average Bonchev–Trinajstić information content (AvgIpc) is 2.36. The number of halogens is 2. The van der Waals surface area contributed by atoms with E-state index in [0.29, 0.717) is 19.1 Å². The molecule has 6 heteroatoms. The number of benzene rings is 1. The molecule has 1 aliphatic heterocycles. The molecule has 1 aromatic rings. The van der Waals surface area contributed by atoms with Crippen molar-refractivity contribution in [1.82, 2.24) is 4.90 Å². The summed E-state index contributed by atoms with van der Waals surface area (Å²) in [5, 5.41) is 0. The van der Waals surface area contributed by atoms with Gasteiger partial charge in [0.2, 0.25) is 0 Å². The predicted molar refractivity (Wildman–Crippen MR) is 76.6 cm³/mol. The summed E-state index contributed by atoms with van der Waals surface area (Å²) < 4.78 is 27.9. The maximum absolute atomic E-state index is 14.1. The van der Waals surface area contributed by atoms with Gasteiger partial charge in [0.25, 0.3) is 0 Å². The van der Waals surface area contributed by atoms with Crippen molar-refractivity contribution in [3.63, 3.8) is 0 Å². The van der Waals surface area contributed by atoms with E-state index in [1.54, 1.807) is 6.07 Å². The van der Waals surface area contributed by atoms with E-state index in [1.807, 2.05) is 11.9 Å². The maximum atomic E-state index is 14.1. The van der Waals surface area contributed by atoms with Crippen LogP contribution in [0.15, 0.2) is 12.1 Å². The Hall–Kier alpha value is -1.27. The largest absolute Gasteiger partial charge is 0.389 e. The molecule has 1 saturated heterocycles. The zero-order valence-electron chi connectivity index (χ0n) is 11.0. The van der Waals surface area contributed by atoms with Gasteiger partial charge in [-0.05, 0) is 26.1 Å². The first-order valence-corrected chi connectivity index (χ1v) is 6.55. The highest BCUT2D eigenvalue weighted by atomic mass is 32.1. The quantitative estimate of drug-likeness (QED) is 0.839. The molecule has 0 radical (unpaired) electrons. The Morgan fingerprint density at radius 2 is 2.00 bits per heavy atom. The lowest BCUT2D eigenvalue weighted by atomic mass is 10.1. The summed E-state index contributed by atoms with van der Waals surface area (Å²) in [7, 11) is 2.02. The molecule has 0 bridgehead atoms. The number of rotatable bonds is 2. The Bertz CT molecular complexity index is 507. The van der Waals surface area contributed by atoms with Gasteiger partial charge in [0.15, 0.2) is 11.6 Å². The van der Waals surface area contributed by atoms with E-state index < -0.39 is 11.6 Å². The molecule has 2 N–H and O–H groups in total. The first-order valence-electron chi connectivity index (χ1n) is 6.14. The fraction of sp³-hybridized carbons (Fsp3) is 0.462. The summed E-state index contributed by atoms with van der Waals surface area (Å²) in [5.41, 5.74) is 5.59. The van der Waals surface area contributed by atoms with Gasteiger partial charge in [-0.25, -0.2) is 8.78 Å². The van der Waals surface area contributed by atoms with E-state index in [1.165, 1.54) is 6.07 Å². The Morgan fingerprint density at radius 1 is 1.32 bits per heavy atom. The number of nitrogens with two attached hydrogens (primary N) is 1. The predicted octanol–water partition coefficient (Wildman–Crippen LogP) is 1.74. The SMILES string of the molecule is CC1CN(c2ccc(C(N)=S)c(F)c2F)CCN1C. The summed E-state index contributed by atoms with van der Waals surface area (Å²) in [5.74, 6) is -1.83. The van der Waals surface area contributed by atoms with Crippen LogP contribution in [0.25, 0.3) is 0 Å². The van der Waals surface area contributed by atoms with Crippen molar-refractivity contribution in [3.8, 4) is 0 Å². The number of piperazine rings is 1. The standard InChI is InChI=1S/C13H17F2N3S/c1-8-7-18(6-5-17(8)2)10-4-3-9(13(16)19)11(14)12(10)15/h3-4,8H,5-7H2,1-2H3,(H2,16,19). The molecule has 2 rings (SSSR count). The molecule has 104 valence electrons. The van der Waals surface area contributed by atoms with Gasteiger partial charge in [0, 0.05) is 31.2 Å². The van der Waals surface area contributed by atoms with Crippen molar-refractivity contribution >= 4 is 22.9 Å². The van der Waals surface area contributed by atoms with Crippen molar-refractivity contribution in [1.29, 1.82) is 0 Å². The van der Waals surface area contributed by atoms with Gasteiger partial charge in [-0.1, -0.05) is 12.2 Å². The molecular weight excluding hydrogens is 268 g/mol. The molecule has 0 amide bonds. The molecule has 1 atom stereocenters. The topological polar surface area (TPSA) is 32.5 Å². The summed E-state index contributed by atoms with van der Waals surface area (Å²) in [6.45, 7) is 4.21. The number of nitrogens with zero attached hydrogens (tertiary/aromatic N) is 2. The van der Waals surface area contributed by atoms with Crippen LogP contribution in [0, 0.1) is 11.6 Å². The third kappa shape index (κ3) is 2.69. The number of hydrogen-bond donors (Lipinski definition) is 1. The number of anilines is 1. The number of hydrogen-bond acceptors (Lipinski definition) is 3. The van der Waals surface area contributed by atoms with Crippen LogP contribution in [0.3, 0.4) is 0 Å². The molecule has 1 fully saturated rings. The van der Waals surface area contributed by atoms with Crippen molar-refractivity contribution in [2.75, 3.05) is 31.6 Å². The van der Waals surface area contributed by atoms with Gasteiger partial charge in [0.05, 0.1) is 5.69 Å². The van der Waals surface area contributed by atoms with Crippen LogP contribution in [0.1, 0.15) is 12.5 Å². The van der Waals surface area contributed by atoms with E-state index >= 15 is 0 Å². The molecular formula is C13H17F2N3S. The van der Waals surface area contributed by atoms with E-state index in [2.05, 4.69) is 11.8 Å². The van der Waals surface area contributed by atoms with E-state index in [9.17, 15) is 8.78 Å². The maximum Gasteiger partial charge on any atom is 0.182 e. The Morgan fingerprint density at radius 3 is 2.58 bits per heavy atom. The van der Waals surface area contributed by atoms with Gasteiger partial charge < -0.3 is 15.5 Å². The van der Waals surface area contributed by atoms with Crippen LogP contribution in [0.2, 0.25) is 0 Å². The zero-order valence-corrected chi connectivity index (χ0v) is 11.8. The molecule has 1 heterocycles. The van der Waals surface area contributed by atoms with Crippen LogP contribution in [-0.2, 0) is 0 Å². The number of likely N-dealkylation sites (N-methyl/N-ethyl adjacent to an activating group) is 1. The average molecular weight is 285 g/mol. The molecule has 1 unspecified atom stereocenters. The minimum absolute atomic E-state index is 0.0431. The van der Waals surface area contributed by atoms with Crippen molar-refractivity contribution in [2.24, 2.45) is 5.73 Å². The lowest BCUT2D eigenvalue weighted by Crippen LogP contribution is -2.50. The lowest BCUT2D eigenvalue weighted by molar-refractivity contribution is 0.233. The Kier molecular flexibility index (Phi) is 4.01. The van der Waals surface area contributed by atoms with Crippen LogP contribution >= 0.6 is 12.2 Å². The second-order valence-corrected chi connectivity index (χ2v) is 5.34. The monoisotopic (exact) mass is 285 g/mol. The van der Waals surface area contributed by atoms with Crippen LogP contribution in [0.4, 0.5) is 14.5 Å². The Balaban J connectivity index is 2.31. The summed E-state index contributed by atoms with van der Waals surface area (Å²) in [4.78, 5) is 3.91. The van der Waals surface area contributed by atoms with Gasteiger partial charge >= 0.3 is 0 Å². The summed E-state index contributed by atoms with van der Waals surface area (Å²) >= 11 is 4.69. The molecule has 3 nitrogen and oxygen atoms in total. The lowest BCUT2D eigenvalue weighted by Gasteiger charge is -2.39. The Labute approximate surface area is 117 Å². The molecule has 19 heavy (non-hydrogen) atoms. The van der Waals surface area contributed by atoms with E-state index in [4.69, 9.17) is 18.0 Å². The molecule has 1 aliphatic rings. The van der Waals surface area contributed by atoms with Crippen LogP contribution in [-0.4, -0.2) is 42.6 Å². The molecule has 1 aromatic carbocycles. The third-order valence-electron chi connectivity index (χ3n) is 3.63. The summed E-state index contributed by atoms with van der Waals surface area (Å²) in [6.07, 6.45) is 0. The highest BCUT2D eigenvalue weighted by Crippen LogP contribution is 2.26. The fourth-order valence-electron chi connectivity index (χ4n) is 2.24. The smallest absolute Gasteiger partial charge is 0.182 e. The second-order valence-electron chi connectivity index (χ2n) is 4.90. The van der Waals surface area contributed by atoms with Crippen molar-refractivity contribution < 1.29 is 8.78 Å². The van der Waals surface area contributed by atoms with E-state index in [0.717, 1.165) is 6.54 Å². The molecule has 0 saturated carbocycles.